The fraction of sp³-hybridized carbons (Fsp3) is 0.312. The van der Waals surface area contributed by atoms with Crippen molar-refractivity contribution in [2.75, 3.05) is 6.54 Å². The summed E-state index contributed by atoms with van der Waals surface area (Å²) in [6.45, 7) is 2.97. The summed E-state index contributed by atoms with van der Waals surface area (Å²) >= 11 is 0. The van der Waals surface area contributed by atoms with Crippen LogP contribution in [0.15, 0.2) is 36.7 Å². The molecule has 0 aliphatic carbocycles. The molecule has 1 aromatic carbocycles. The molecule has 0 radical (unpaired) electrons. The summed E-state index contributed by atoms with van der Waals surface area (Å²) in [5.41, 5.74) is 9.50. The largest absolute Gasteiger partial charge is 0.344 e. The summed E-state index contributed by atoms with van der Waals surface area (Å²) in [4.78, 5) is 4.25. The molecule has 2 heterocycles. The molecule has 0 amide bonds. The fourth-order valence-electron chi connectivity index (χ4n) is 2.80. The monoisotopic (exact) mass is 253 g/mol. The molecule has 0 saturated carbocycles. The Labute approximate surface area is 113 Å². The first-order valence-corrected chi connectivity index (χ1v) is 6.74. The van der Waals surface area contributed by atoms with Crippen LogP contribution in [0.5, 0.6) is 0 Å². The van der Waals surface area contributed by atoms with Gasteiger partial charge in [0.1, 0.15) is 0 Å². The standard InChI is InChI=1S/C16H19N3/c1-11(5-7-17)12-3-4-15-13(9-12)14-10-18-8-6-16(14)19(15)2/h3-4,6,8-11H,5,7,17H2,1-2H3. The van der Waals surface area contributed by atoms with E-state index in [4.69, 9.17) is 5.73 Å². The van der Waals surface area contributed by atoms with E-state index in [9.17, 15) is 0 Å². The number of fused-ring (bicyclic) bond motifs is 3. The van der Waals surface area contributed by atoms with Crippen molar-refractivity contribution in [3.05, 3.63) is 42.2 Å². The van der Waals surface area contributed by atoms with Crippen molar-refractivity contribution in [1.29, 1.82) is 0 Å². The van der Waals surface area contributed by atoms with Gasteiger partial charge in [0, 0.05) is 35.7 Å². The Hall–Kier alpha value is -1.87. The number of hydrogen-bond acceptors (Lipinski definition) is 2. The van der Waals surface area contributed by atoms with Gasteiger partial charge in [-0.3, -0.25) is 4.98 Å². The van der Waals surface area contributed by atoms with Crippen LogP contribution in [0.3, 0.4) is 0 Å². The Morgan fingerprint density at radius 3 is 2.79 bits per heavy atom. The summed E-state index contributed by atoms with van der Waals surface area (Å²) in [6, 6.07) is 8.78. The fourth-order valence-corrected chi connectivity index (χ4v) is 2.80. The van der Waals surface area contributed by atoms with Crippen molar-refractivity contribution >= 4 is 21.8 Å². The third-order valence-electron chi connectivity index (χ3n) is 4.00. The van der Waals surface area contributed by atoms with E-state index in [1.807, 2.05) is 12.4 Å². The summed E-state index contributed by atoms with van der Waals surface area (Å²) in [5.74, 6) is 0.501. The molecule has 0 aliphatic heterocycles. The van der Waals surface area contributed by atoms with E-state index in [-0.39, 0.29) is 0 Å². The highest BCUT2D eigenvalue weighted by Gasteiger charge is 2.11. The SMILES string of the molecule is CC(CCN)c1ccc2c(c1)c1cnccc1n2C. The highest BCUT2D eigenvalue weighted by atomic mass is 14.9. The predicted octanol–water partition coefficient (Wildman–Crippen LogP) is 3.18. The van der Waals surface area contributed by atoms with E-state index in [1.165, 1.54) is 27.4 Å². The summed E-state index contributed by atoms with van der Waals surface area (Å²) in [6.07, 6.45) is 4.82. The number of aromatic nitrogens is 2. The van der Waals surface area contributed by atoms with Crippen LogP contribution in [-0.4, -0.2) is 16.1 Å². The minimum atomic E-state index is 0.501. The van der Waals surface area contributed by atoms with E-state index >= 15 is 0 Å². The predicted molar refractivity (Wildman–Crippen MR) is 80.3 cm³/mol. The van der Waals surface area contributed by atoms with Crippen LogP contribution in [0.4, 0.5) is 0 Å². The summed E-state index contributed by atoms with van der Waals surface area (Å²) in [5, 5.41) is 2.51. The maximum Gasteiger partial charge on any atom is 0.0519 e. The van der Waals surface area contributed by atoms with Crippen LogP contribution >= 0.6 is 0 Å². The smallest absolute Gasteiger partial charge is 0.0519 e. The minimum absolute atomic E-state index is 0.501. The molecular weight excluding hydrogens is 234 g/mol. The minimum Gasteiger partial charge on any atom is -0.344 e. The van der Waals surface area contributed by atoms with Crippen molar-refractivity contribution in [2.24, 2.45) is 12.8 Å². The Kier molecular flexibility index (Phi) is 2.99. The number of nitrogens with two attached hydrogens (primary N) is 1. The summed E-state index contributed by atoms with van der Waals surface area (Å²) < 4.78 is 2.23. The molecule has 0 aliphatic rings. The van der Waals surface area contributed by atoms with Crippen LogP contribution in [0.1, 0.15) is 24.8 Å². The lowest BCUT2D eigenvalue weighted by atomic mass is 9.96. The number of benzene rings is 1. The Bertz CT molecular complexity index is 727. The normalized spacial score (nSPS) is 13.2. The lowest BCUT2D eigenvalue weighted by molar-refractivity contribution is 0.691. The Morgan fingerprint density at radius 1 is 1.21 bits per heavy atom. The third kappa shape index (κ3) is 1.90. The number of aryl methyl sites for hydroxylation is 1. The molecular formula is C16H19N3. The first-order valence-electron chi connectivity index (χ1n) is 6.74. The molecule has 3 heteroatoms. The maximum atomic E-state index is 5.66. The van der Waals surface area contributed by atoms with Crippen LogP contribution in [0, 0.1) is 0 Å². The number of rotatable bonds is 3. The highest BCUT2D eigenvalue weighted by molar-refractivity contribution is 6.07. The van der Waals surface area contributed by atoms with Gasteiger partial charge in [-0.2, -0.15) is 0 Å². The zero-order chi connectivity index (χ0) is 13.4. The van der Waals surface area contributed by atoms with Crippen molar-refractivity contribution in [3.8, 4) is 0 Å². The van der Waals surface area contributed by atoms with Gasteiger partial charge in [-0.05, 0) is 42.6 Å². The van der Waals surface area contributed by atoms with Gasteiger partial charge in [0.25, 0.3) is 0 Å². The molecule has 0 fully saturated rings. The molecule has 0 bridgehead atoms. The molecule has 3 rings (SSSR count). The van der Waals surface area contributed by atoms with Gasteiger partial charge in [-0.15, -0.1) is 0 Å². The Balaban J connectivity index is 2.25. The number of hydrogen-bond donors (Lipinski definition) is 1. The first kappa shape index (κ1) is 12.2. The van der Waals surface area contributed by atoms with Crippen molar-refractivity contribution in [3.63, 3.8) is 0 Å². The van der Waals surface area contributed by atoms with Crippen LogP contribution in [0.2, 0.25) is 0 Å². The highest BCUT2D eigenvalue weighted by Crippen LogP contribution is 2.30. The van der Waals surface area contributed by atoms with Crippen molar-refractivity contribution in [2.45, 2.75) is 19.3 Å². The van der Waals surface area contributed by atoms with E-state index in [0.29, 0.717) is 5.92 Å². The molecule has 19 heavy (non-hydrogen) atoms. The number of pyridine rings is 1. The van der Waals surface area contributed by atoms with Gasteiger partial charge in [0.15, 0.2) is 0 Å². The van der Waals surface area contributed by atoms with Crippen LogP contribution < -0.4 is 5.73 Å². The molecule has 0 spiro atoms. The van der Waals surface area contributed by atoms with E-state index in [0.717, 1.165) is 13.0 Å². The molecule has 2 N–H and O–H groups in total. The molecule has 3 nitrogen and oxygen atoms in total. The van der Waals surface area contributed by atoms with Crippen molar-refractivity contribution < 1.29 is 0 Å². The molecule has 3 aromatic rings. The van der Waals surface area contributed by atoms with Gasteiger partial charge in [-0.1, -0.05) is 13.0 Å². The molecule has 1 atom stereocenters. The second-order valence-corrected chi connectivity index (χ2v) is 5.21. The van der Waals surface area contributed by atoms with Gasteiger partial charge in [0.2, 0.25) is 0 Å². The van der Waals surface area contributed by atoms with E-state index in [2.05, 4.69) is 47.8 Å². The topological polar surface area (TPSA) is 43.8 Å². The number of nitrogens with zero attached hydrogens (tertiary/aromatic N) is 2. The maximum absolute atomic E-state index is 5.66. The van der Waals surface area contributed by atoms with Crippen LogP contribution in [-0.2, 0) is 7.05 Å². The second-order valence-electron chi connectivity index (χ2n) is 5.21. The van der Waals surface area contributed by atoms with Crippen LogP contribution in [0.25, 0.3) is 21.8 Å². The quantitative estimate of drug-likeness (QED) is 0.779. The average molecular weight is 253 g/mol. The van der Waals surface area contributed by atoms with E-state index in [1.54, 1.807) is 0 Å². The first-order chi connectivity index (χ1) is 9.22. The third-order valence-corrected chi connectivity index (χ3v) is 4.00. The van der Waals surface area contributed by atoms with Gasteiger partial charge in [-0.25, -0.2) is 0 Å². The lowest BCUT2D eigenvalue weighted by Gasteiger charge is -2.10. The van der Waals surface area contributed by atoms with Crippen molar-refractivity contribution in [1.82, 2.24) is 9.55 Å². The average Bonchev–Trinajstić information content (AvgIpc) is 2.73. The molecule has 0 saturated heterocycles. The molecule has 1 unspecified atom stereocenters. The van der Waals surface area contributed by atoms with Gasteiger partial charge in [0.05, 0.1) is 5.52 Å². The van der Waals surface area contributed by atoms with Gasteiger partial charge >= 0.3 is 0 Å². The second kappa shape index (κ2) is 4.67. The summed E-state index contributed by atoms with van der Waals surface area (Å²) in [7, 11) is 2.10. The van der Waals surface area contributed by atoms with E-state index < -0.39 is 0 Å². The zero-order valence-electron chi connectivity index (χ0n) is 11.4. The van der Waals surface area contributed by atoms with Gasteiger partial charge < -0.3 is 10.3 Å². The Morgan fingerprint density at radius 2 is 2.00 bits per heavy atom. The molecule has 2 aromatic heterocycles. The zero-order valence-corrected chi connectivity index (χ0v) is 11.4. The lowest BCUT2D eigenvalue weighted by Crippen LogP contribution is -2.04. The molecule has 98 valence electrons.